The minimum Gasteiger partial charge on any atom is -0.427 e. The van der Waals surface area contributed by atoms with Gasteiger partial charge in [0.2, 0.25) is 0 Å². The lowest BCUT2D eigenvalue weighted by molar-refractivity contribution is -0.384. The topological polar surface area (TPSA) is 94.4 Å². The van der Waals surface area contributed by atoms with E-state index in [0.29, 0.717) is 23.5 Å². The lowest BCUT2D eigenvalue weighted by atomic mass is 10.2. The van der Waals surface area contributed by atoms with Crippen molar-refractivity contribution in [2.45, 2.75) is 19.8 Å². The van der Waals surface area contributed by atoms with E-state index in [2.05, 4.69) is 10.3 Å². The summed E-state index contributed by atoms with van der Waals surface area (Å²) in [6.07, 6.45) is 3.74. The molecule has 2 rings (SSSR count). The summed E-state index contributed by atoms with van der Waals surface area (Å²) in [6, 6.07) is 8.14. The van der Waals surface area contributed by atoms with Crippen LogP contribution < -0.4 is 10.1 Å². The van der Waals surface area contributed by atoms with Gasteiger partial charge in [-0.3, -0.25) is 19.9 Å². The van der Waals surface area contributed by atoms with Crippen LogP contribution in [0, 0.1) is 10.1 Å². The Bertz CT molecular complexity index is 671. The summed E-state index contributed by atoms with van der Waals surface area (Å²) in [5, 5.41) is 13.9. The van der Waals surface area contributed by atoms with Gasteiger partial charge in [-0.05, 0) is 36.8 Å². The predicted octanol–water partition coefficient (Wildman–Crippen LogP) is 3.44. The van der Waals surface area contributed by atoms with Crippen molar-refractivity contribution in [1.29, 1.82) is 0 Å². The Morgan fingerprint density at radius 1 is 1.32 bits per heavy atom. The van der Waals surface area contributed by atoms with Crippen LogP contribution in [0.2, 0.25) is 0 Å². The Balaban J connectivity index is 2.09. The minimum absolute atomic E-state index is 0.110. The first kappa shape index (κ1) is 15.4. The zero-order chi connectivity index (χ0) is 15.9. The monoisotopic (exact) mass is 301 g/mol. The molecule has 1 aromatic heterocycles. The molecule has 0 aliphatic heterocycles. The van der Waals surface area contributed by atoms with E-state index in [1.165, 1.54) is 18.5 Å². The number of nitrogens with zero attached hydrogens (tertiary/aromatic N) is 2. The number of rotatable bonds is 6. The van der Waals surface area contributed by atoms with Crippen molar-refractivity contribution in [3.63, 3.8) is 0 Å². The van der Waals surface area contributed by atoms with Crippen molar-refractivity contribution >= 4 is 23.0 Å². The number of hydrogen-bond donors (Lipinski definition) is 1. The third-order valence-electron chi connectivity index (χ3n) is 2.82. The maximum Gasteiger partial charge on any atom is 0.311 e. The SMILES string of the molecule is CCCC(=O)Oc1ccc(Nc2ccncc2[N+](=O)[O-])cc1. The van der Waals surface area contributed by atoms with Crippen molar-refractivity contribution in [2.24, 2.45) is 0 Å². The number of esters is 1. The first-order valence-electron chi connectivity index (χ1n) is 6.76. The molecule has 0 bridgehead atoms. The maximum atomic E-state index is 11.4. The quantitative estimate of drug-likeness (QED) is 0.380. The summed E-state index contributed by atoms with van der Waals surface area (Å²) in [4.78, 5) is 25.5. The van der Waals surface area contributed by atoms with Gasteiger partial charge in [0.25, 0.3) is 0 Å². The average Bonchev–Trinajstić information content (AvgIpc) is 2.50. The van der Waals surface area contributed by atoms with Crippen LogP contribution in [0.3, 0.4) is 0 Å². The van der Waals surface area contributed by atoms with Crippen molar-refractivity contribution in [3.05, 3.63) is 52.8 Å². The fraction of sp³-hybridized carbons (Fsp3) is 0.200. The molecule has 2 aromatic rings. The van der Waals surface area contributed by atoms with E-state index in [1.807, 2.05) is 6.92 Å². The molecule has 114 valence electrons. The summed E-state index contributed by atoms with van der Waals surface area (Å²) < 4.78 is 5.14. The zero-order valence-corrected chi connectivity index (χ0v) is 12.0. The summed E-state index contributed by atoms with van der Waals surface area (Å²) in [7, 11) is 0. The van der Waals surface area contributed by atoms with E-state index in [-0.39, 0.29) is 11.7 Å². The first-order chi connectivity index (χ1) is 10.6. The summed E-state index contributed by atoms with van der Waals surface area (Å²) in [5.74, 6) is 0.154. The van der Waals surface area contributed by atoms with E-state index >= 15 is 0 Å². The minimum atomic E-state index is -0.504. The van der Waals surface area contributed by atoms with Crippen LogP contribution in [-0.2, 0) is 4.79 Å². The summed E-state index contributed by atoms with van der Waals surface area (Å²) >= 11 is 0. The normalized spacial score (nSPS) is 10.0. The van der Waals surface area contributed by atoms with Crippen molar-refractivity contribution in [3.8, 4) is 5.75 Å². The first-order valence-corrected chi connectivity index (χ1v) is 6.76. The van der Waals surface area contributed by atoms with Gasteiger partial charge in [-0.1, -0.05) is 6.92 Å². The Morgan fingerprint density at radius 3 is 2.68 bits per heavy atom. The van der Waals surface area contributed by atoms with Crippen molar-refractivity contribution in [1.82, 2.24) is 4.98 Å². The van der Waals surface area contributed by atoms with Crippen molar-refractivity contribution < 1.29 is 14.5 Å². The van der Waals surface area contributed by atoms with E-state index in [1.54, 1.807) is 24.3 Å². The zero-order valence-electron chi connectivity index (χ0n) is 12.0. The summed E-state index contributed by atoms with van der Waals surface area (Å²) in [5.41, 5.74) is 0.876. The number of nitrogens with one attached hydrogen (secondary N) is 1. The van der Waals surface area contributed by atoms with Crippen LogP contribution in [0.4, 0.5) is 17.1 Å². The van der Waals surface area contributed by atoms with E-state index in [9.17, 15) is 14.9 Å². The number of anilines is 2. The van der Waals surface area contributed by atoms with Gasteiger partial charge < -0.3 is 10.1 Å². The molecule has 22 heavy (non-hydrogen) atoms. The summed E-state index contributed by atoms with van der Waals surface area (Å²) in [6.45, 7) is 1.90. The van der Waals surface area contributed by atoms with Crippen LogP contribution in [-0.4, -0.2) is 15.9 Å². The Hall–Kier alpha value is -2.96. The smallest absolute Gasteiger partial charge is 0.311 e. The second-order valence-electron chi connectivity index (χ2n) is 4.52. The van der Waals surface area contributed by atoms with Gasteiger partial charge in [-0.15, -0.1) is 0 Å². The fourth-order valence-corrected chi connectivity index (χ4v) is 1.79. The van der Waals surface area contributed by atoms with Gasteiger partial charge in [0.15, 0.2) is 0 Å². The van der Waals surface area contributed by atoms with E-state index < -0.39 is 4.92 Å². The predicted molar refractivity (Wildman–Crippen MR) is 81.2 cm³/mol. The highest BCUT2D eigenvalue weighted by atomic mass is 16.6. The molecule has 0 amide bonds. The third kappa shape index (κ3) is 4.02. The number of carbonyl (C=O) groups is 1. The highest BCUT2D eigenvalue weighted by Crippen LogP contribution is 2.27. The van der Waals surface area contributed by atoms with E-state index in [4.69, 9.17) is 4.74 Å². The molecule has 1 N–H and O–H groups in total. The molecule has 7 nitrogen and oxygen atoms in total. The fourth-order valence-electron chi connectivity index (χ4n) is 1.79. The highest BCUT2D eigenvalue weighted by Gasteiger charge is 2.13. The molecule has 0 saturated heterocycles. The molecule has 0 saturated carbocycles. The number of carbonyl (C=O) groups excluding carboxylic acids is 1. The molecular weight excluding hydrogens is 286 g/mol. The second kappa shape index (κ2) is 7.16. The Labute approximate surface area is 127 Å². The molecule has 1 heterocycles. The molecule has 7 heteroatoms. The molecule has 0 radical (unpaired) electrons. The largest absolute Gasteiger partial charge is 0.427 e. The molecule has 0 fully saturated rings. The number of pyridine rings is 1. The lowest BCUT2D eigenvalue weighted by Gasteiger charge is -2.08. The number of aromatic nitrogens is 1. The standard InChI is InChI=1S/C15H15N3O4/c1-2-3-15(19)22-12-6-4-11(5-7-12)17-13-8-9-16-10-14(13)18(20)21/h4-10H,2-3H2,1H3,(H,16,17). The van der Waals surface area contributed by atoms with Gasteiger partial charge in [0, 0.05) is 18.3 Å². The second-order valence-corrected chi connectivity index (χ2v) is 4.52. The number of benzene rings is 1. The van der Waals surface area contributed by atoms with Gasteiger partial charge in [-0.25, -0.2) is 0 Å². The van der Waals surface area contributed by atoms with Gasteiger partial charge >= 0.3 is 11.7 Å². The van der Waals surface area contributed by atoms with Crippen LogP contribution in [0.15, 0.2) is 42.7 Å². The highest BCUT2D eigenvalue weighted by molar-refractivity contribution is 5.73. The van der Waals surface area contributed by atoms with Crippen LogP contribution >= 0.6 is 0 Å². The Morgan fingerprint density at radius 2 is 2.05 bits per heavy atom. The molecule has 0 unspecified atom stereocenters. The van der Waals surface area contributed by atoms with Gasteiger partial charge in [0.05, 0.1) is 4.92 Å². The molecule has 0 atom stereocenters. The number of ether oxygens (including phenoxy) is 1. The van der Waals surface area contributed by atoms with Crippen LogP contribution in [0.1, 0.15) is 19.8 Å². The number of nitro groups is 1. The molecule has 0 spiro atoms. The molecule has 0 aliphatic carbocycles. The number of hydrogen-bond acceptors (Lipinski definition) is 6. The van der Waals surface area contributed by atoms with Gasteiger partial charge in [0.1, 0.15) is 17.6 Å². The molecule has 0 aliphatic rings. The molecular formula is C15H15N3O4. The Kier molecular flexibility index (Phi) is 5.02. The molecule has 1 aromatic carbocycles. The maximum absolute atomic E-state index is 11.4. The average molecular weight is 301 g/mol. The lowest BCUT2D eigenvalue weighted by Crippen LogP contribution is -2.06. The third-order valence-corrected chi connectivity index (χ3v) is 2.82. The van der Waals surface area contributed by atoms with E-state index in [0.717, 1.165) is 6.42 Å². The van der Waals surface area contributed by atoms with Gasteiger partial charge in [-0.2, -0.15) is 0 Å². The van der Waals surface area contributed by atoms with Crippen molar-refractivity contribution in [2.75, 3.05) is 5.32 Å². The van der Waals surface area contributed by atoms with Crippen LogP contribution in [0.5, 0.6) is 5.75 Å². The van der Waals surface area contributed by atoms with Crippen LogP contribution in [0.25, 0.3) is 0 Å².